The maximum atomic E-state index is 10.4. The molecule has 4 atom stereocenters. The highest BCUT2D eigenvalue weighted by Gasteiger charge is 2.25. The number of nitrogens with one attached hydrogen (secondary N) is 1. The molecule has 2 aliphatic carbocycles. The van der Waals surface area contributed by atoms with Crippen molar-refractivity contribution in [3.8, 4) is 34.5 Å². The molecule has 0 radical (unpaired) electrons. The zero-order valence-corrected chi connectivity index (χ0v) is 33.3. The van der Waals surface area contributed by atoms with E-state index in [-0.39, 0.29) is 31.5 Å². The fourth-order valence-corrected chi connectivity index (χ4v) is 8.30. The molecule has 4 aromatic rings. The van der Waals surface area contributed by atoms with Gasteiger partial charge in [-0.25, -0.2) is 4.98 Å². The molecule has 0 aliphatic heterocycles. The number of rotatable bonds is 15. The minimum Gasteiger partial charge on any atom is -0.487 e. The van der Waals surface area contributed by atoms with E-state index >= 15 is 0 Å². The van der Waals surface area contributed by atoms with Crippen LogP contribution in [0, 0.1) is 19.8 Å². The lowest BCUT2D eigenvalue weighted by Crippen LogP contribution is -2.41. The lowest BCUT2D eigenvalue weighted by Gasteiger charge is -2.28. The molecule has 0 amide bonds. The van der Waals surface area contributed by atoms with Crippen molar-refractivity contribution in [2.24, 2.45) is 5.92 Å². The number of halogens is 2. The van der Waals surface area contributed by atoms with Crippen molar-refractivity contribution >= 4 is 23.2 Å². The Kier molecular flexibility index (Phi) is 14.0. The van der Waals surface area contributed by atoms with Crippen molar-refractivity contribution in [2.45, 2.75) is 116 Å². The van der Waals surface area contributed by atoms with Crippen molar-refractivity contribution in [3.05, 3.63) is 92.1 Å². The van der Waals surface area contributed by atoms with Gasteiger partial charge in [-0.2, -0.15) is 4.98 Å². The molecule has 3 N–H and O–H groups in total. The third-order valence-corrected chi connectivity index (χ3v) is 11.7. The second-order valence-corrected chi connectivity index (χ2v) is 15.4. The van der Waals surface area contributed by atoms with Gasteiger partial charge in [0.25, 0.3) is 0 Å². The van der Waals surface area contributed by atoms with E-state index in [1.54, 1.807) is 14.2 Å². The summed E-state index contributed by atoms with van der Waals surface area (Å²) >= 11 is 13.4. The SMILES string of the molecule is COc1nc(COc2cccc(-c3cccc(COc4nc(OC)c(CN[C@@H]5CCCC[C@@H]5O)cc4Cl)c3C)c2C)c(Cl)cc1CC[C@@H]1CCCC[C@@H]1O. The van der Waals surface area contributed by atoms with Crippen LogP contribution in [0.25, 0.3) is 11.1 Å². The monoisotopic (exact) mass is 777 g/mol. The normalized spacial score (nSPS) is 20.1. The maximum Gasteiger partial charge on any atom is 0.236 e. The fourth-order valence-electron chi connectivity index (χ4n) is 7.84. The van der Waals surface area contributed by atoms with E-state index in [0.717, 1.165) is 102 Å². The van der Waals surface area contributed by atoms with E-state index in [1.807, 2.05) is 43.3 Å². The van der Waals surface area contributed by atoms with Crippen LogP contribution in [0.15, 0.2) is 48.5 Å². The summed E-state index contributed by atoms with van der Waals surface area (Å²) in [5.41, 5.74) is 7.51. The molecule has 0 bridgehead atoms. The Bertz CT molecular complexity index is 1760. The van der Waals surface area contributed by atoms with Gasteiger partial charge in [-0.1, -0.05) is 79.2 Å². The summed E-state index contributed by atoms with van der Waals surface area (Å²) in [5, 5.41) is 25.2. The largest absolute Gasteiger partial charge is 0.487 e. The third-order valence-electron chi connectivity index (χ3n) is 11.1. The fraction of sp³-hybridized carbons (Fsp3) is 0.488. The lowest BCUT2D eigenvalue weighted by molar-refractivity contribution is 0.0654. The molecule has 2 aromatic carbocycles. The standard InChI is InChI=1S/C43H53Cl2N3O6/c1-26-30(24-54-43-35(45)22-31(42(48-43)52-4)23-46-36-15-6-8-17-39(36)50)12-9-13-32(26)33-14-10-18-40(27(33)2)53-25-37-34(44)21-29(41(47-37)51-3)20-19-28-11-5-7-16-38(28)49/h9-10,12-14,18,21-22,28,36,38-39,46,49-50H,5-8,11,15-17,19-20,23-25H2,1-4H3/t28-,36+,38-,39-/m0/s1. The first-order valence-corrected chi connectivity index (χ1v) is 19.9. The Labute approximate surface area is 329 Å². The van der Waals surface area contributed by atoms with Crippen LogP contribution >= 0.6 is 23.2 Å². The molecule has 2 fully saturated rings. The summed E-state index contributed by atoms with van der Waals surface area (Å²) in [6.07, 6.45) is 9.13. The number of benzene rings is 2. The van der Waals surface area contributed by atoms with Crippen molar-refractivity contribution in [3.63, 3.8) is 0 Å². The Morgan fingerprint density at radius 1 is 0.704 bits per heavy atom. The van der Waals surface area contributed by atoms with Crippen LogP contribution < -0.4 is 24.3 Å². The molecular formula is C43H53Cl2N3O6. The van der Waals surface area contributed by atoms with Crippen molar-refractivity contribution in [1.29, 1.82) is 0 Å². The predicted octanol–water partition coefficient (Wildman–Crippen LogP) is 9.12. The van der Waals surface area contributed by atoms with Crippen LogP contribution in [0.1, 0.15) is 91.3 Å². The number of aliphatic hydroxyl groups excluding tert-OH is 2. The number of hydrogen-bond donors (Lipinski definition) is 3. The third kappa shape index (κ3) is 9.61. The summed E-state index contributed by atoms with van der Waals surface area (Å²) in [4.78, 5) is 9.33. The number of aliphatic hydroxyl groups is 2. The lowest BCUT2D eigenvalue weighted by atomic mass is 9.83. The topological polar surface area (TPSA) is 115 Å². The van der Waals surface area contributed by atoms with Gasteiger partial charge >= 0.3 is 0 Å². The van der Waals surface area contributed by atoms with Gasteiger partial charge in [0, 0.05) is 23.7 Å². The highest BCUT2D eigenvalue weighted by atomic mass is 35.5. The first-order valence-electron chi connectivity index (χ1n) is 19.2. The van der Waals surface area contributed by atoms with Crippen LogP contribution in [0.5, 0.6) is 23.4 Å². The van der Waals surface area contributed by atoms with Crippen LogP contribution in [-0.2, 0) is 26.2 Å². The average Bonchev–Trinajstić information content (AvgIpc) is 3.17. The van der Waals surface area contributed by atoms with E-state index in [4.69, 9.17) is 47.1 Å². The highest BCUT2D eigenvalue weighted by molar-refractivity contribution is 6.32. The molecule has 6 rings (SSSR count). The second kappa shape index (κ2) is 18.8. The van der Waals surface area contributed by atoms with Gasteiger partial charge in [0.2, 0.25) is 17.6 Å². The van der Waals surface area contributed by atoms with Crippen molar-refractivity contribution in [2.75, 3.05) is 14.2 Å². The summed E-state index contributed by atoms with van der Waals surface area (Å²) in [7, 11) is 3.20. The molecule has 2 aromatic heterocycles. The average molecular weight is 779 g/mol. The Morgan fingerprint density at radius 2 is 1.37 bits per heavy atom. The number of aryl methyl sites for hydroxylation is 1. The van der Waals surface area contributed by atoms with Crippen LogP contribution in [-0.4, -0.2) is 52.7 Å². The quantitative estimate of drug-likeness (QED) is 0.109. The number of hydrogen-bond acceptors (Lipinski definition) is 9. The molecule has 0 spiro atoms. The molecule has 2 aliphatic rings. The van der Waals surface area contributed by atoms with Crippen LogP contribution in [0.3, 0.4) is 0 Å². The van der Waals surface area contributed by atoms with E-state index in [2.05, 4.69) is 29.4 Å². The summed E-state index contributed by atoms with van der Waals surface area (Å²) < 4.78 is 23.8. The Balaban J connectivity index is 1.12. The number of aromatic nitrogens is 2. The molecule has 9 nitrogen and oxygen atoms in total. The zero-order chi connectivity index (χ0) is 38.2. The smallest absolute Gasteiger partial charge is 0.236 e. The van der Waals surface area contributed by atoms with Crippen molar-refractivity contribution < 1.29 is 29.2 Å². The highest BCUT2D eigenvalue weighted by Crippen LogP contribution is 2.36. The zero-order valence-electron chi connectivity index (χ0n) is 31.8. The van der Waals surface area contributed by atoms with E-state index in [0.29, 0.717) is 45.8 Å². The number of pyridine rings is 2. The van der Waals surface area contributed by atoms with E-state index in [9.17, 15) is 10.2 Å². The molecule has 54 heavy (non-hydrogen) atoms. The first-order chi connectivity index (χ1) is 26.2. The van der Waals surface area contributed by atoms with Gasteiger partial charge < -0.3 is 34.5 Å². The number of ether oxygens (including phenoxy) is 4. The molecule has 290 valence electrons. The molecule has 11 heteroatoms. The second-order valence-electron chi connectivity index (χ2n) is 14.6. The number of methoxy groups -OCH3 is 2. The van der Waals surface area contributed by atoms with Gasteiger partial charge in [-0.05, 0) is 104 Å². The minimum absolute atomic E-state index is 0.0411. The van der Waals surface area contributed by atoms with Gasteiger partial charge in [-0.3, -0.25) is 0 Å². The van der Waals surface area contributed by atoms with Crippen molar-refractivity contribution in [1.82, 2.24) is 15.3 Å². The Morgan fingerprint density at radius 3 is 2.11 bits per heavy atom. The van der Waals surface area contributed by atoms with E-state index in [1.165, 1.54) is 6.42 Å². The minimum atomic E-state index is -0.351. The maximum absolute atomic E-state index is 10.4. The summed E-state index contributed by atoms with van der Waals surface area (Å²) in [6, 6.07) is 16.0. The van der Waals surface area contributed by atoms with Crippen LogP contribution in [0.2, 0.25) is 10.0 Å². The molecule has 0 unspecified atom stereocenters. The van der Waals surface area contributed by atoms with E-state index < -0.39 is 0 Å². The van der Waals surface area contributed by atoms with Gasteiger partial charge in [0.1, 0.15) is 29.7 Å². The molecular weight excluding hydrogens is 725 g/mol. The van der Waals surface area contributed by atoms with Crippen LogP contribution in [0.4, 0.5) is 0 Å². The summed E-state index contributed by atoms with van der Waals surface area (Å²) in [6.45, 7) is 5.06. The van der Waals surface area contributed by atoms with Gasteiger partial charge in [0.05, 0.1) is 31.5 Å². The first kappa shape index (κ1) is 40.1. The van der Waals surface area contributed by atoms with Gasteiger partial charge in [-0.15, -0.1) is 0 Å². The predicted molar refractivity (Wildman–Crippen MR) is 213 cm³/mol. The Hall–Kier alpha value is -3.60. The molecule has 2 saturated carbocycles. The summed E-state index contributed by atoms with van der Waals surface area (Å²) in [5.74, 6) is 2.31. The molecule has 2 heterocycles. The van der Waals surface area contributed by atoms with Gasteiger partial charge in [0.15, 0.2) is 0 Å². The molecule has 0 saturated heterocycles. The number of nitrogens with zero attached hydrogens (tertiary/aromatic N) is 2.